The van der Waals surface area contributed by atoms with Gasteiger partial charge < -0.3 is 10.2 Å². The first-order valence-electron chi connectivity index (χ1n) is 9.95. The number of carbonyl (C=O) groups is 2. The molecule has 146 valence electrons. The van der Waals surface area contributed by atoms with Crippen LogP contribution in [0.15, 0.2) is 78.9 Å². The van der Waals surface area contributed by atoms with Crippen LogP contribution < -0.4 is 10.2 Å². The molecular formula is C25H24N2O2. The van der Waals surface area contributed by atoms with Gasteiger partial charge in [-0.05, 0) is 48.2 Å². The zero-order chi connectivity index (χ0) is 20.2. The normalized spacial score (nSPS) is 14.7. The highest BCUT2D eigenvalue weighted by molar-refractivity contribution is 5.99. The quantitative estimate of drug-likeness (QED) is 0.697. The fourth-order valence-corrected chi connectivity index (χ4v) is 3.85. The Morgan fingerprint density at radius 2 is 1.72 bits per heavy atom. The highest BCUT2D eigenvalue weighted by Crippen LogP contribution is 2.26. The van der Waals surface area contributed by atoms with Crippen molar-refractivity contribution in [3.63, 3.8) is 0 Å². The summed E-state index contributed by atoms with van der Waals surface area (Å²) in [5.41, 5.74) is 4.56. The molecule has 3 aromatic rings. The van der Waals surface area contributed by atoms with E-state index in [1.165, 1.54) is 0 Å². The Balaban J connectivity index is 1.64. The number of aryl methyl sites for hydroxylation is 1. The molecule has 1 atom stereocenters. The minimum Gasteiger partial charge on any atom is -0.341 e. The first kappa shape index (κ1) is 18.9. The number of carbonyl (C=O) groups excluding carboxylic acids is 2. The molecule has 29 heavy (non-hydrogen) atoms. The molecule has 0 spiro atoms. The summed E-state index contributed by atoms with van der Waals surface area (Å²) in [5, 5.41) is 3.19. The molecule has 3 aromatic carbocycles. The zero-order valence-electron chi connectivity index (χ0n) is 16.5. The minimum absolute atomic E-state index is 0.115. The van der Waals surface area contributed by atoms with Gasteiger partial charge in [0, 0.05) is 24.2 Å². The van der Waals surface area contributed by atoms with Gasteiger partial charge in [-0.15, -0.1) is 0 Å². The number of rotatable bonds is 5. The van der Waals surface area contributed by atoms with E-state index >= 15 is 0 Å². The highest BCUT2D eigenvalue weighted by Gasteiger charge is 2.23. The molecule has 0 unspecified atom stereocenters. The van der Waals surface area contributed by atoms with Crippen LogP contribution in [0.5, 0.6) is 0 Å². The van der Waals surface area contributed by atoms with Crippen LogP contribution in [0.25, 0.3) is 0 Å². The van der Waals surface area contributed by atoms with Gasteiger partial charge in [-0.2, -0.15) is 0 Å². The molecule has 4 rings (SSSR count). The summed E-state index contributed by atoms with van der Waals surface area (Å²) in [4.78, 5) is 27.0. The second-order valence-corrected chi connectivity index (χ2v) is 7.37. The maximum absolute atomic E-state index is 13.1. The number of benzene rings is 3. The third kappa shape index (κ3) is 4.06. The molecule has 0 bridgehead atoms. The van der Waals surface area contributed by atoms with Crippen LogP contribution in [0.4, 0.5) is 5.69 Å². The molecule has 4 nitrogen and oxygen atoms in total. The van der Waals surface area contributed by atoms with Crippen molar-refractivity contribution >= 4 is 17.5 Å². The number of amides is 2. The van der Waals surface area contributed by atoms with Crippen LogP contribution >= 0.6 is 0 Å². The van der Waals surface area contributed by atoms with Crippen molar-refractivity contribution in [2.75, 3.05) is 11.4 Å². The second kappa shape index (κ2) is 8.31. The van der Waals surface area contributed by atoms with Gasteiger partial charge in [0.25, 0.3) is 5.91 Å². The summed E-state index contributed by atoms with van der Waals surface area (Å²) >= 11 is 0. The summed E-state index contributed by atoms with van der Waals surface area (Å²) in [6.07, 6.45) is 1.43. The maximum atomic E-state index is 13.1. The van der Waals surface area contributed by atoms with Crippen molar-refractivity contribution in [2.45, 2.75) is 25.8 Å². The molecule has 2 amide bonds. The third-order valence-corrected chi connectivity index (χ3v) is 5.40. The van der Waals surface area contributed by atoms with E-state index in [-0.39, 0.29) is 17.9 Å². The number of nitrogens with zero attached hydrogens (tertiary/aromatic N) is 1. The lowest BCUT2D eigenvalue weighted by molar-refractivity contribution is -0.117. The van der Waals surface area contributed by atoms with Crippen LogP contribution in [0.3, 0.4) is 0 Å². The molecule has 0 saturated carbocycles. The van der Waals surface area contributed by atoms with E-state index in [1.54, 1.807) is 17.0 Å². The van der Waals surface area contributed by atoms with E-state index in [0.717, 1.165) is 28.8 Å². The SMILES string of the molecule is Cc1ccccc1[C@H](NC(=O)c1cccc(N2CCCC2=O)c1)c1ccccc1. The van der Waals surface area contributed by atoms with Gasteiger partial charge in [-0.25, -0.2) is 0 Å². The van der Waals surface area contributed by atoms with E-state index < -0.39 is 0 Å². The van der Waals surface area contributed by atoms with Crippen molar-refractivity contribution in [1.82, 2.24) is 5.32 Å². The standard InChI is InChI=1S/C25H24N2O2/c1-18-9-5-6-14-22(18)24(19-10-3-2-4-11-19)26-25(29)20-12-7-13-21(17-20)27-16-8-15-23(27)28/h2-7,9-14,17,24H,8,15-16H2,1H3,(H,26,29)/t24-/m1/s1. The number of hydrogen-bond donors (Lipinski definition) is 1. The average Bonchev–Trinajstić information content (AvgIpc) is 3.19. The van der Waals surface area contributed by atoms with Gasteiger partial charge in [-0.3, -0.25) is 9.59 Å². The minimum atomic E-state index is -0.248. The van der Waals surface area contributed by atoms with Gasteiger partial charge >= 0.3 is 0 Å². The van der Waals surface area contributed by atoms with Crippen LogP contribution in [0.2, 0.25) is 0 Å². The molecule has 4 heteroatoms. The first-order chi connectivity index (χ1) is 14.1. The predicted octanol–water partition coefficient (Wildman–Crippen LogP) is 4.64. The Labute approximate surface area is 171 Å². The van der Waals surface area contributed by atoms with Crippen LogP contribution in [0.1, 0.15) is 45.9 Å². The Morgan fingerprint density at radius 1 is 0.966 bits per heavy atom. The van der Waals surface area contributed by atoms with Crippen molar-refractivity contribution in [1.29, 1.82) is 0 Å². The maximum Gasteiger partial charge on any atom is 0.252 e. The summed E-state index contributed by atoms with van der Waals surface area (Å²) in [6, 6.07) is 25.1. The van der Waals surface area contributed by atoms with E-state index in [9.17, 15) is 9.59 Å². The largest absolute Gasteiger partial charge is 0.341 e. The number of hydrogen-bond acceptors (Lipinski definition) is 2. The second-order valence-electron chi connectivity index (χ2n) is 7.37. The lowest BCUT2D eigenvalue weighted by atomic mass is 9.94. The summed E-state index contributed by atoms with van der Waals surface area (Å²) in [6.45, 7) is 2.76. The smallest absolute Gasteiger partial charge is 0.252 e. The lowest BCUT2D eigenvalue weighted by Crippen LogP contribution is -2.30. The van der Waals surface area contributed by atoms with Crippen molar-refractivity contribution in [3.8, 4) is 0 Å². The van der Waals surface area contributed by atoms with E-state index in [0.29, 0.717) is 18.5 Å². The predicted molar refractivity (Wildman–Crippen MR) is 115 cm³/mol. The number of nitrogens with one attached hydrogen (secondary N) is 1. The fraction of sp³-hybridized carbons (Fsp3) is 0.200. The van der Waals surface area contributed by atoms with E-state index in [4.69, 9.17) is 0 Å². The van der Waals surface area contributed by atoms with Crippen molar-refractivity contribution < 1.29 is 9.59 Å². The molecule has 1 fully saturated rings. The van der Waals surface area contributed by atoms with Crippen molar-refractivity contribution in [2.24, 2.45) is 0 Å². The number of anilines is 1. The molecule has 1 aliphatic heterocycles. The molecule has 1 aliphatic rings. The topological polar surface area (TPSA) is 49.4 Å². The first-order valence-corrected chi connectivity index (χ1v) is 9.95. The molecule has 1 N–H and O–H groups in total. The van der Waals surface area contributed by atoms with E-state index in [2.05, 4.69) is 18.3 Å². The molecule has 0 aromatic heterocycles. The van der Waals surface area contributed by atoms with Crippen LogP contribution in [-0.4, -0.2) is 18.4 Å². The Bertz CT molecular complexity index is 1030. The Morgan fingerprint density at radius 3 is 2.45 bits per heavy atom. The lowest BCUT2D eigenvalue weighted by Gasteiger charge is -2.22. The molecule has 1 saturated heterocycles. The van der Waals surface area contributed by atoms with Crippen LogP contribution in [-0.2, 0) is 4.79 Å². The Hall–Kier alpha value is -3.40. The summed E-state index contributed by atoms with van der Waals surface area (Å²) in [7, 11) is 0. The van der Waals surface area contributed by atoms with Crippen molar-refractivity contribution in [3.05, 3.63) is 101 Å². The molecule has 0 aliphatic carbocycles. The van der Waals surface area contributed by atoms with Gasteiger partial charge in [0.15, 0.2) is 0 Å². The van der Waals surface area contributed by atoms with Gasteiger partial charge in [0.1, 0.15) is 0 Å². The molecule has 0 radical (unpaired) electrons. The van der Waals surface area contributed by atoms with Gasteiger partial charge in [0.05, 0.1) is 6.04 Å². The van der Waals surface area contributed by atoms with Gasteiger partial charge in [-0.1, -0.05) is 60.7 Å². The fourth-order valence-electron chi connectivity index (χ4n) is 3.85. The summed E-state index contributed by atoms with van der Waals surface area (Å²) < 4.78 is 0. The monoisotopic (exact) mass is 384 g/mol. The molecule has 1 heterocycles. The summed E-state index contributed by atoms with van der Waals surface area (Å²) in [5.74, 6) is -0.0415. The van der Waals surface area contributed by atoms with Crippen LogP contribution in [0, 0.1) is 6.92 Å². The third-order valence-electron chi connectivity index (χ3n) is 5.40. The Kier molecular flexibility index (Phi) is 5.43. The average molecular weight is 384 g/mol. The van der Waals surface area contributed by atoms with Gasteiger partial charge in [0.2, 0.25) is 5.91 Å². The molecular weight excluding hydrogens is 360 g/mol. The zero-order valence-corrected chi connectivity index (χ0v) is 16.5. The van der Waals surface area contributed by atoms with E-state index in [1.807, 2.05) is 60.7 Å². The highest BCUT2D eigenvalue weighted by atomic mass is 16.2.